The zero-order chi connectivity index (χ0) is 16.7. The van der Waals surface area contributed by atoms with Crippen LogP contribution in [-0.2, 0) is 4.79 Å². The number of methoxy groups -OCH3 is 1. The molecule has 3 aromatic rings. The Bertz CT molecular complexity index is 907. The third-order valence-electron chi connectivity index (χ3n) is 4.26. The molecular weight excluding hydrogens is 327 g/mol. The number of anilines is 1. The lowest BCUT2D eigenvalue weighted by atomic mass is 10.1. The molecule has 4 nitrogen and oxygen atoms in total. The molecule has 0 saturated heterocycles. The fourth-order valence-corrected chi connectivity index (χ4v) is 3.79. The largest absolute Gasteiger partial charge is 0.494 e. The van der Waals surface area contributed by atoms with Crippen LogP contribution in [0, 0.1) is 11.7 Å². The third kappa shape index (κ3) is 2.73. The number of nitrogens with zero attached hydrogens (tertiary/aromatic N) is 1. The number of hydrogen-bond acceptors (Lipinski definition) is 4. The summed E-state index contributed by atoms with van der Waals surface area (Å²) >= 11 is 1.43. The van der Waals surface area contributed by atoms with Crippen molar-refractivity contribution in [1.82, 2.24) is 4.98 Å². The second kappa shape index (κ2) is 5.87. The standard InChI is InChI=1S/C18H15FN2O2S/c1-23-14-3-2-4-15-16(14)20-18(24-15)21-17(22)13-9-12(13)10-5-7-11(19)8-6-10/h2-8,12-13H,9H2,1H3,(H,20,21,22). The van der Waals surface area contributed by atoms with Gasteiger partial charge in [0.25, 0.3) is 0 Å². The van der Waals surface area contributed by atoms with E-state index in [-0.39, 0.29) is 23.6 Å². The number of thiazole rings is 1. The molecule has 0 radical (unpaired) electrons. The van der Waals surface area contributed by atoms with Gasteiger partial charge in [-0.05, 0) is 42.2 Å². The average Bonchev–Trinajstić information content (AvgIpc) is 3.28. The summed E-state index contributed by atoms with van der Waals surface area (Å²) in [4.78, 5) is 16.9. The Hall–Kier alpha value is -2.47. The summed E-state index contributed by atoms with van der Waals surface area (Å²) in [6, 6.07) is 12.1. The third-order valence-corrected chi connectivity index (χ3v) is 5.19. The van der Waals surface area contributed by atoms with Crippen LogP contribution in [0.15, 0.2) is 42.5 Å². The van der Waals surface area contributed by atoms with Crippen LogP contribution in [0.3, 0.4) is 0 Å². The molecular formula is C18H15FN2O2S. The van der Waals surface area contributed by atoms with Gasteiger partial charge in [0.2, 0.25) is 5.91 Å². The minimum atomic E-state index is -0.260. The number of nitrogens with one attached hydrogen (secondary N) is 1. The first-order valence-corrected chi connectivity index (χ1v) is 8.47. The Morgan fingerprint density at radius 2 is 2.08 bits per heavy atom. The molecule has 1 heterocycles. The fourth-order valence-electron chi connectivity index (χ4n) is 2.90. The maximum atomic E-state index is 13.0. The number of aromatic nitrogens is 1. The van der Waals surface area contributed by atoms with E-state index >= 15 is 0 Å². The minimum Gasteiger partial charge on any atom is -0.494 e. The Balaban J connectivity index is 1.48. The first-order chi connectivity index (χ1) is 11.7. The number of para-hydroxylation sites is 1. The van der Waals surface area contributed by atoms with Crippen molar-refractivity contribution in [2.75, 3.05) is 12.4 Å². The summed E-state index contributed by atoms with van der Waals surface area (Å²) < 4.78 is 19.2. The van der Waals surface area contributed by atoms with Crippen molar-refractivity contribution in [2.45, 2.75) is 12.3 Å². The van der Waals surface area contributed by atoms with Crippen molar-refractivity contribution in [3.05, 3.63) is 53.8 Å². The normalized spacial score (nSPS) is 19.2. The molecule has 4 rings (SSSR count). The van der Waals surface area contributed by atoms with E-state index in [1.807, 2.05) is 18.2 Å². The smallest absolute Gasteiger partial charge is 0.229 e. The molecule has 1 N–H and O–H groups in total. The molecule has 1 amide bonds. The first-order valence-electron chi connectivity index (χ1n) is 7.65. The Kier molecular flexibility index (Phi) is 3.69. The first kappa shape index (κ1) is 15.1. The number of halogens is 1. The van der Waals surface area contributed by atoms with Gasteiger partial charge in [-0.1, -0.05) is 29.5 Å². The van der Waals surface area contributed by atoms with Crippen molar-refractivity contribution >= 4 is 32.6 Å². The lowest BCUT2D eigenvalue weighted by Crippen LogP contribution is -2.14. The van der Waals surface area contributed by atoms with Crippen LogP contribution in [0.2, 0.25) is 0 Å². The maximum Gasteiger partial charge on any atom is 0.229 e. The van der Waals surface area contributed by atoms with E-state index in [1.54, 1.807) is 19.2 Å². The Labute approximate surface area is 142 Å². The van der Waals surface area contributed by atoms with Gasteiger partial charge in [0.1, 0.15) is 17.1 Å². The highest BCUT2D eigenvalue weighted by molar-refractivity contribution is 7.22. The molecule has 0 aliphatic heterocycles. The van der Waals surface area contributed by atoms with Crippen molar-refractivity contribution in [3.63, 3.8) is 0 Å². The molecule has 1 aromatic heterocycles. The van der Waals surface area contributed by atoms with Crippen LogP contribution in [0.5, 0.6) is 5.75 Å². The van der Waals surface area contributed by atoms with Crippen LogP contribution >= 0.6 is 11.3 Å². The van der Waals surface area contributed by atoms with Gasteiger partial charge in [0.15, 0.2) is 5.13 Å². The monoisotopic (exact) mass is 342 g/mol. The second-order valence-corrected chi connectivity index (χ2v) is 6.85. The van der Waals surface area contributed by atoms with Crippen LogP contribution in [0.25, 0.3) is 10.2 Å². The molecule has 1 aliphatic rings. The van der Waals surface area contributed by atoms with Gasteiger partial charge in [-0.3, -0.25) is 4.79 Å². The predicted octanol–water partition coefficient (Wildman–Crippen LogP) is 4.19. The van der Waals surface area contributed by atoms with E-state index < -0.39 is 0 Å². The molecule has 6 heteroatoms. The van der Waals surface area contributed by atoms with E-state index in [0.29, 0.717) is 10.9 Å². The number of carbonyl (C=O) groups is 1. The molecule has 0 bridgehead atoms. The molecule has 0 spiro atoms. The number of carbonyl (C=O) groups excluding carboxylic acids is 1. The second-order valence-electron chi connectivity index (χ2n) is 5.82. The van der Waals surface area contributed by atoms with Crippen LogP contribution < -0.4 is 10.1 Å². The molecule has 122 valence electrons. The zero-order valence-electron chi connectivity index (χ0n) is 13.0. The van der Waals surface area contributed by atoms with Gasteiger partial charge >= 0.3 is 0 Å². The van der Waals surface area contributed by atoms with Crippen LogP contribution in [0.4, 0.5) is 9.52 Å². The Morgan fingerprint density at radius 3 is 2.83 bits per heavy atom. The number of amides is 1. The topological polar surface area (TPSA) is 51.2 Å². The summed E-state index contributed by atoms with van der Waals surface area (Å²) in [6.07, 6.45) is 0.783. The maximum absolute atomic E-state index is 13.0. The van der Waals surface area contributed by atoms with Gasteiger partial charge in [0.05, 0.1) is 11.8 Å². The quantitative estimate of drug-likeness (QED) is 0.773. The van der Waals surface area contributed by atoms with E-state index in [1.165, 1.54) is 23.5 Å². The van der Waals surface area contributed by atoms with E-state index in [9.17, 15) is 9.18 Å². The number of rotatable bonds is 4. The lowest BCUT2D eigenvalue weighted by molar-refractivity contribution is -0.117. The summed E-state index contributed by atoms with van der Waals surface area (Å²) in [5.41, 5.74) is 1.76. The molecule has 1 aliphatic carbocycles. The molecule has 2 atom stereocenters. The molecule has 1 saturated carbocycles. The number of fused-ring (bicyclic) bond motifs is 1. The van der Waals surface area contributed by atoms with E-state index in [0.717, 1.165) is 22.2 Å². The minimum absolute atomic E-state index is 0.0395. The van der Waals surface area contributed by atoms with Crippen LogP contribution in [0.1, 0.15) is 17.9 Å². The van der Waals surface area contributed by atoms with E-state index in [2.05, 4.69) is 10.3 Å². The SMILES string of the molecule is COc1cccc2sc(NC(=O)C3CC3c3ccc(F)cc3)nc12. The van der Waals surface area contributed by atoms with Crippen molar-refractivity contribution in [3.8, 4) is 5.75 Å². The van der Waals surface area contributed by atoms with Gasteiger partial charge in [-0.15, -0.1) is 0 Å². The highest BCUT2D eigenvalue weighted by atomic mass is 32.1. The number of ether oxygens (including phenoxy) is 1. The Morgan fingerprint density at radius 1 is 1.29 bits per heavy atom. The number of hydrogen-bond donors (Lipinski definition) is 1. The highest BCUT2D eigenvalue weighted by Gasteiger charge is 2.44. The summed E-state index contributed by atoms with van der Waals surface area (Å²) in [5.74, 6) is 0.477. The summed E-state index contributed by atoms with van der Waals surface area (Å²) in [7, 11) is 1.60. The highest BCUT2D eigenvalue weighted by Crippen LogP contribution is 2.48. The molecule has 24 heavy (non-hydrogen) atoms. The van der Waals surface area contributed by atoms with Crippen LogP contribution in [-0.4, -0.2) is 18.0 Å². The van der Waals surface area contributed by atoms with Crippen molar-refractivity contribution < 1.29 is 13.9 Å². The zero-order valence-corrected chi connectivity index (χ0v) is 13.8. The van der Waals surface area contributed by atoms with Gasteiger partial charge in [-0.25, -0.2) is 9.37 Å². The van der Waals surface area contributed by atoms with Gasteiger partial charge < -0.3 is 10.1 Å². The number of benzene rings is 2. The van der Waals surface area contributed by atoms with Gasteiger partial charge in [-0.2, -0.15) is 0 Å². The molecule has 2 unspecified atom stereocenters. The lowest BCUT2D eigenvalue weighted by Gasteiger charge is -2.02. The van der Waals surface area contributed by atoms with Gasteiger partial charge in [0, 0.05) is 5.92 Å². The van der Waals surface area contributed by atoms with E-state index in [4.69, 9.17) is 4.74 Å². The predicted molar refractivity (Wildman–Crippen MR) is 92.0 cm³/mol. The van der Waals surface area contributed by atoms with Crippen molar-refractivity contribution in [2.24, 2.45) is 5.92 Å². The fraction of sp³-hybridized carbons (Fsp3) is 0.222. The molecule has 1 fully saturated rings. The summed E-state index contributed by atoms with van der Waals surface area (Å²) in [5, 5.41) is 3.47. The average molecular weight is 342 g/mol. The molecule has 2 aromatic carbocycles. The van der Waals surface area contributed by atoms with Crippen molar-refractivity contribution in [1.29, 1.82) is 0 Å². The summed E-state index contributed by atoms with van der Waals surface area (Å²) in [6.45, 7) is 0.